The topological polar surface area (TPSA) is 57.8 Å². The molecule has 25 heavy (non-hydrogen) atoms. The molecule has 5 nitrogen and oxygen atoms in total. The fraction of sp³-hybridized carbons (Fsp3) is 0.368. The fourth-order valence-corrected chi connectivity index (χ4v) is 4.30. The van der Waals surface area contributed by atoms with Crippen molar-refractivity contribution < 1.29 is 9.90 Å². The molecular weight excluding hydrogens is 334 g/mol. The monoisotopic (exact) mass is 355 g/mol. The summed E-state index contributed by atoms with van der Waals surface area (Å²) in [6.07, 6.45) is 5.79. The van der Waals surface area contributed by atoms with E-state index in [-0.39, 0.29) is 0 Å². The first-order valence-electron chi connectivity index (χ1n) is 8.59. The minimum Gasteiger partial charge on any atom is -0.478 e. The van der Waals surface area contributed by atoms with Gasteiger partial charge in [-0.15, -0.1) is 11.3 Å². The van der Waals surface area contributed by atoms with Crippen molar-refractivity contribution in [2.24, 2.45) is 5.92 Å². The normalized spacial score (nSPS) is 15.8. The molecule has 4 rings (SSSR count). The van der Waals surface area contributed by atoms with E-state index in [2.05, 4.69) is 35.9 Å². The number of piperidine rings is 1. The average Bonchev–Trinajstić information content (AvgIpc) is 3.20. The Hall–Kier alpha value is -2.34. The number of hydrogen-bond donors (Lipinski definition) is 1. The van der Waals surface area contributed by atoms with E-state index in [1.165, 1.54) is 4.88 Å². The second kappa shape index (κ2) is 6.19. The van der Waals surface area contributed by atoms with E-state index in [1.54, 1.807) is 23.6 Å². The highest BCUT2D eigenvalue weighted by molar-refractivity contribution is 7.15. The van der Waals surface area contributed by atoms with Gasteiger partial charge in [0.1, 0.15) is 0 Å². The molecule has 0 aliphatic carbocycles. The number of aromatic carboxylic acids is 1. The zero-order valence-corrected chi connectivity index (χ0v) is 15.2. The van der Waals surface area contributed by atoms with Crippen molar-refractivity contribution in [1.82, 2.24) is 9.38 Å². The lowest BCUT2D eigenvalue weighted by Crippen LogP contribution is -2.33. The summed E-state index contributed by atoms with van der Waals surface area (Å²) in [6, 6.07) is 5.91. The third kappa shape index (κ3) is 2.91. The first-order chi connectivity index (χ1) is 12.0. The lowest BCUT2D eigenvalue weighted by Gasteiger charge is -2.32. The second-order valence-electron chi connectivity index (χ2n) is 6.84. The van der Waals surface area contributed by atoms with Crippen molar-refractivity contribution >= 4 is 28.6 Å². The zero-order valence-electron chi connectivity index (χ0n) is 14.4. The Bertz CT molecular complexity index is 935. The van der Waals surface area contributed by atoms with Crippen molar-refractivity contribution in [1.29, 1.82) is 0 Å². The molecule has 1 N–H and O–H groups in total. The van der Waals surface area contributed by atoms with E-state index in [9.17, 15) is 9.90 Å². The lowest BCUT2D eigenvalue weighted by molar-refractivity contribution is 0.0696. The lowest BCUT2D eigenvalue weighted by atomic mass is 9.99. The van der Waals surface area contributed by atoms with Crippen molar-refractivity contribution in [3.05, 3.63) is 41.0 Å². The minimum atomic E-state index is -0.907. The van der Waals surface area contributed by atoms with Crippen LogP contribution in [-0.2, 0) is 0 Å². The number of carbonyl (C=O) groups is 1. The quantitative estimate of drug-likeness (QED) is 0.761. The van der Waals surface area contributed by atoms with Gasteiger partial charge in [-0.25, -0.2) is 9.78 Å². The Morgan fingerprint density at radius 1 is 1.32 bits per heavy atom. The van der Waals surface area contributed by atoms with E-state index < -0.39 is 5.97 Å². The Morgan fingerprint density at radius 2 is 2.08 bits per heavy atom. The molecule has 1 saturated heterocycles. The Morgan fingerprint density at radius 3 is 2.72 bits per heavy atom. The molecule has 0 saturated carbocycles. The number of aryl methyl sites for hydroxylation is 1. The first-order valence-corrected chi connectivity index (χ1v) is 9.40. The first kappa shape index (κ1) is 16.1. The van der Waals surface area contributed by atoms with Crippen LogP contribution in [0, 0.1) is 12.8 Å². The van der Waals surface area contributed by atoms with Gasteiger partial charge in [0.2, 0.25) is 0 Å². The van der Waals surface area contributed by atoms with E-state index in [1.807, 2.05) is 10.6 Å². The van der Waals surface area contributed by atoms with Crippen LogP contribution in [0.4, 0.5) is 5.69 Å². The van der Waals surface area contributed by atoms with Gasteiger partial charge in [0.25, 0.3) is 0 Å². The molecule has 0 amide bonds. The second-order valence-corrected chi connectivity index (χ2v) is 8.12. The Balaban J connectivity index is 1.87. The van der Waals surface area contributed by atoms with Crippen molar-refractivity contribution in [3.8, 4) is 10.6 Å². The third-order valence-electron chi connectivity index (χ3n) is 4.95. The molecular formula is C19H21N3O2S. The van der Waals surface area contributed by atoms with Gasteiger partial charge in [-0.2, -0.15) is 0 Å². The number of aromatic nitrogens is 2. The summed E-state index contributed by atoms with van der Waals surface area (Å²) < 4.78 is 1.93. The van der Waals surface area contributed by atoms with E-state index in [0.717, 1.165) is 53.8 Å². The molecule has 0 unspecified atom stereocenters. The zero-order chi connectivity index (χ0) is 17.6. The summed E-state index contributed by atoms with van der Waals surface area (Å²) in [5, 5.41) is 9.56. The molecule has 3 aromatic rings. The van der Waals surface area contributed by atoms with Crippen molar-refractivity contribution in [2.45, 2.75) is 26.7 Å². The SMILES string of the molecule is Cc1ccc(-c2cnc3c(N4CCC(C)CC4)cc(C(=O)O)cn23)s1. The van der Waals surface area contributed by atoms with Gasteiger partial charge >= 0.3 is 5.97 Å². The number of rotatable bonds is 3. The molecule has 3 aromatic heterocycles. The van der Waals surface area contributed by atoms with Gasteiger partial charge in [0.15, 0.2) is 5.65 Å². The predicted molar refractivity (Wildman–Crippen MR) is 101 cm³/mol. The van der Waals surface area contributed by atoms with Crippen LogP contribution in [0.25, 0.3) is 16.2 Å². The highest BCUT2D eigenvalue weighted by atomic mass is 32.1. The smallest absolute Gasteiger partial charge is 0.337 e. The van der Waals surface area contributed by atoms with Crippen LogP contribution in [0.1, 0.15) is 35.0 Å². The molecule has 0 atom stereocenters. The highest BCUT2D eigenvalue weighted by Gasteiger charge is 2.22. The van der Waals surface area contributed by atoms with Crippen LogP contribution >= 0.6 is 11.3 Å². The molecule has 0 radical (unpaired) electrons. The van der Waals surface area contributed by atoms with E-state index >= 15 is 0 Å². The van der Waals surface area contributed by atoms with Gasteiger partial charge in [0, 0.05) is 24.2 Å². The third-order valence-corrected chi connectivity index (χ3v) is 5.97. The molecule has 0 spiro atoms. The average molecular weight is 355 g/mol. The molecule has 4 heterocycles. The number of pyridine rings is 1. The summed E-state index contributed by atoms with van der Waals surface area (Å²) in [4.78, 5) is 20.9. The van der Waals surface area contributed by atoms with Crippen LogP contribution in [-0.4, -0.2) is 33.6 Å². The van der Waals surface area contributed by atoms with Crippen LogP contribution < -0.4 is 4.90 Å². The molecule has 6 heteroatoms. The standard InChI is InChI=1S/C19H21N3O2S/c1-12-5-7-21(8-6-12)15-9-14(19(23)24)11-22-16(10-20-18(15)22)17-4-3-13(2)25-17/h3-4,9-12H,5-8H2,1-2H3,(H,23,24). The predicted octanol–water partition coefficient (Wildman–Crippen LogP) is 4.31. The molecule has 0 aromatic carbocycles. The van der Waals surface area contributed by atoms with Crippen LogP contribution in [0.3, 0.4) is 0 Å². The molecule has 1 fully saturated rings. The maximum Gasteiger partial charge on any atom is 0.337 e. The summed E-state index contributed by atoms with van der Waals surface area (Å²) in [7, 11) is 0. The number of carboxylic acids is 1. The number of carboxylic acid groups (broad SMARTS) is 1. The van der Waals surface area contributed by atoms with Crippen LogP contribution in [0.5, 0.6) is 0 Å². The van der Waals surface area contributed by atoms with Crippen molar-refractivity contribution in [3.63, 3.8) is 0 Å². The number of fused-ring (bicyclic) bond motifs is 1. The van der Waals surface area contributed by atoms with E-state index in [0.29, 0.717) is 5.56 Å². The van der Waals surface area contributed by atoms with Crippen LogP contribution in [0.15, 0.2) is 30.6 Å². The number of imidazole rings is 1. The van der Waals surface area contributed by atoms with Gasteiger partial charge in [-0.3, -0.25) is 4.40 Å². The Kier molecular flexibility index (Phi) is 4.00. The molecule has 1 aliphatic rings. The number of thiophene rings is 1. The largest absolute Gasteiger partial charge is 0.478 e. The summed E-state index contributed by atoms with van der Waals surface area (Å²) in [5.74, 6) is -0.185. The number of hydrogen-bond acceptors (Lipinski definition) is 4. The number of nitrogens with zero attached hydrogens (tertiary/aromatic N) is 3. The van der Waals surface area contributed by atoms with Gasteiger partial charge in [0.05, 0.1) is 28.0 Å². The maximum absolute atomic E-state index is 11.7. The minimum absolute atomic E-state index is 0.300. The highest BCUT2D eigenvalue weighted by Crippen LogP contribution is 2.33. The fourth-order valence-electron chi connectivity index (χ4n) is 3.42. The van der Waals surface area contributed by atoms with E-state index in [4.69, 9.17) is 0 Å². The Labute approximate surface area is 150 Å². The molecule has 0 bridgehead atoms. The summed E-state index contributed by atoms with van der Waals surface area (Å²) in [6.45, 7) is 6.23. The molecule has 130 valence electrons. The molecule has 1 aliphatic heterocycles. The van der Waals surface area contributed by atoms with Crippen LogP contribution in [0.2, 0.25) is 0 Å². The van der Waals surface area contributed by atoms with Gasteiger partial charge in [-0.1, -0.05) is 6.92 Å². The van der Waals surface area contributed by atoms with Crippen molar-refractivity contribution in [2.75, 3.05) is 18.0 Å². The van der Waals surface area contributed by atoms with Gasteiger partial charge in [-0.05, 0) is 43.9 Å². The summed E-state index contributed by atoms with van der Waals surface area (Å²) >= 11 is 1.69. The summed E-state index contributed by atoms with van der Waals surface area (Å²) in [5.41, 5.74) is 3.00. The maximum atomic E-state index is 11.7. The van der Waals surface area contributed by atoms with Gasteiger partial charge < -0.3 is 10.0 Å². The number of anilines is 1.